The van der Waals surface area contributed by atoms with Gasteiger partial charge in [0, 0.05) is 9.58 Å². The Kier molecular flexibility index (Phi) is 2.10. The van der Waals surface area contributed by atoms with E-state index in [-0.39, 0.29) is 6.10 Å². The van der Waals surface area contributed by atoms with Gasteiger partial charge in [-0.3, -0.25) is 0 Å². The average molecular weight is 192 g/mol. The molecule has 0 fully saturated rings. The lowest BCUT2D eigenvalue weighted by Crippen LogP contribution is -1.87. The van der Waals surface area contributed by atoms with E-state index in [1.165, 1.54) is 15.6 Å². The number of aliphatic hydroxyl groups excluding tert-OH is 1. The van der Waals surface area contributed by atoms with Crippen LogP contribution in [0.3, 0.4) is 0 Å². The number of hydrogen-bond donors (Lipinski definition) is 1. The molecule has 2 rings (SSSR count). The van der Waals surface area contributed by atoms with Crippen LogP contribution in [0.2, 0.25) is 0 Å². The van der Waals surface area contributed by atoms with E-state index in [9.17, 15) is 5.11 Å². The van der Waals surface area contributed by atoms with Gasteiger partial charge in [-0.15, -0.1) is 11.3 Å². The zero-order chi connectivity index (χ0) is 9.42. The van der Waals surface area contributed by atoms with Crippen LogP contribution in [-0.4, -0.2) is 5.11 Å². The maximum atomic E-state index is 9.52. The minimum absolute atomic E-state index is 0.350. The number of benzene rings is 1. The van der Waals surface area contributed by atoms with Crippen molar-refractivity contribution in [3.63, 3.8) is 0 Å². The number of hydrogen-bond acceptors (Lipinski definition) is 2. The molecule has 0 amide bonds. The Bertz CT molecular complexity index is 429. The van der Waals surface area contributed by atoms with Crippen LogP contribution in [0.15, 0.2) is 24.3 Å². The van der Waals surface area contributed by atoms with Crippen molar-refractivity contribution >= 4 is 21.4 Å². The summed E-state index contributed by atoms with van der Waals surface area (Å²) >= 11 is 1.68. The average Bonchev–Trinajstić information content (AvgIpc) is 2.45. The Labute approximate surface area is 81.6 Å². The molecule has 2 aromatic rings. The summed E-state index contributed by atoms with van der Waals surface area (Å²) in [7, 11) is 0. The van der Waals surface area contributed by atoms with Crippen LogP contribution in [0.25, 0.3) is 10.1 Å². The first-order valence-electron chi connectivity index (χ1n) is 4.36. The van der Waals surface area contributed by atoms with E-state index < -0.39 is 0 Å². The quantitative estimate of drug-likeness (QED) is 0.735. The first-order chi connectivity index (χ1) is 6.20. The summed E-state index contributed by atoms with van der Waals surface area (Å²) in [5.74, 6) is 0. The predicted octanol–water partition coefficient (Wildman–Crippen LogP) is 3.26. The fourth-order valence-corrected chi connectivity index (χ4v) is 2.74. The van der Waals surface area contributed by atoms with Gasteiger partial charge in [0.25, 0.3) is 0 Å². The molecule has 1 heterocycles. The highest BCUT2D eigenvalue weighted by Gasteiger charge is 2.11. The molecule has 0 spiro atoms. The van der Waals surface area contributed by atoms with E-state index >= 15 is 0 Å². The van der Waals surface area contributed by atoms with E-state index in [0.29, 0.717) is 0 Å². The van der Waals surface area contributed by atoms with Gasteiger partial charge < -0.3 is 5.11 Å². The summed E-state index contributed by atoms with van der Waals surface area (Å²) in [5, 5.41) is 10.8. The zero-order valence-corrected chi connectivity index (χ0v) is 8.56. The highest BCUT2D eigenvalue weighted by Crippen LogP contribution is 2.34. The van der Waals surface area contributed by atoms with Crippen molar-refractivity contribution < 1.29 is 5.11 Å². The Morgan fingerprint density at radius 2 is 2.00 bits per heavy atom. The summed E-state index contributed by atoms with van der Waals surface area (Å²) in [5.41, 5.74) is 1.22. The molecule has 68 valence electrons. The molecule has 1 aromatic carbocycles. The monoisotopic (exact) mass is 192 g/mol. The lowest BCUT2D eigenvalue weighted by atomic mass is 10.1. The van der Waals surface area contributed by atoms with Crippen molar-refractivity contribution in [3.05, 3.63) is 34.7 Å². The van der Waals surface area contributed by atoms with Gasteiger partial charge in [0.05, 0.1) is 6.10 Å². The van der Waals surface area contributed by atoms with Crippen LogP contribution >= 0.6 is 11.3 Å². The third-order valence-corrected chi connectivity index (χ3v) is 3.70. The Morgan fingerprint density at radius 1 is 1.31 bits per heavy atom. The molecule has 0 radical (unpaired) electrons. The minimum Gasteiger partial charge on any atom is -0.388 e. The van der Waals surface area contributed by atoms with Gasteiger partial charge >= 0.3 is 0 Å². The van der Waals surface area contributed by atoms with Crippen LogP contribution in [0.1, 0.15) is 23.5 Å². The van der Waals surface area contributed by atoms with Gasteiger partial charge in [-0.2, -0.15) is 0 Å². The van der Waals surface area contributed by atoms with Crippen LogP contribution in [-0.2, 0) is 0 Å². The third-order valence-electron chi connectivity index (χ3n) is 2.26. The highest BCUT2D eigenvalue weighted by atomic mass is 32.1. The molecule has 0 aliphatic heterocycles. The summed E-state index contributed by atoms with van der Waals surface area (Å²) in [6.07, 6.45) is -0.350. The second-order valence-corrected chi connectivity index (χ2v) is 4.35. The largest absolute Gasteiger partial charge is 0.388 e. The molecule has 2 heteroatoms. The van der Waals surface area contributed by atoms with E-state index in [1.54, 1.807) is 11.3 Å². The molecular weight excluding hydrogens is 180 g/mol. The van der Waals surface area contributed by atoms with Crippen molar-refractivity contribution in [1.82, 2.24) is 0 Å². The Morgan fingerprint density at radius 3 is 2.62 bits per heavy atom. The molecule has 0 saturated carbocycles. The van der Waals surface area contributed by atoms with E-state index in [1.807, 2.05) is 19.1 Å². The molecule has 1 nitrogen and oxygen atoms in total. The second-order valence-electron chi connectivity index (χ2n) is 3.26. The first-order valence-corrected chi connectivity index (χ1v) is 5.18. The predicted molar refractivity (Wildman–Crippen MR) is 57.2 cm³/mol. The molecule has 0 bridgehead atoms. The van der Waals surface area contributed by atoms with Gasteiger partial charge in [-0.1, -0.05) is 18.2 Å². The van der Waals surface area contributed by atoms with Gasteiger partial charge in [0.15, 0.2) is 0 Å². The molecule has 0 saturated heterocycles. The highest BCUT2D eigenvalue weighted by molar-refractivity contribution is 7.19. The van der Waals surface area contributed by atoms with Crippen molar-refractivity contribution in [2.45, 2.75) is 20.0 Å². The Hall–Kier alpha value is -0.860. The fourth-order valence-electron chi connectivity index (χ4n) is 1.59. The van der Waals surface area contributed by atoms with Crippen molar-refractivity contribution in [2.24, 2.45) is 0 Å². The van der Waals surface area contributed by atoms with Crippen LogP contribution in [0, 0.1) is 6.92 Å². The van der Waals surface area contributed by atoms with Crippen LogP contribution in [0.5, 0.6) is 0 Å². The van der Waals surface area contributed by atoms with Gasteiger partial charge in [-0.05, 0) is 30.9 Å². The lowest BCUT2D eigenvalue weighted by Gasteiger charge is -2.00. The Balaban J connectivity index is 2.74. The molecule has 1 atom stereocenters. The number of aryl methyl sites for hydroxylation is 1. The van der Waals surface area contributed by atoms with Crippen molar-refractivity contribution in [2.75, 3.05) is 0 Å². The number of aliphatic hydroxyl groups is 1. The minimum atomic E-state index is -0.350. The second kappa shape index (κ2) is 3.13. The first kappa shape index (κ1) is 8.73. The molecule has 13 heavy (non-hydrogen) atoms. The molecule has 1 N–H and O–H groups in total. The maximum absolute atomic E-state index is 9.52. The van der Waals surface area contributed by atoms with Gasteiger partial charge in [-0.25, -0.2) is 0 Å². The number of fused-ring (bicyclic) bond motifs is 1. The van der Waals surface area contributed by atoms with Crippen molar-refractivity contribution in [1.29, 1.82) is 0 Å². The summed E-state index contributed by atoms with van der Waals surface area (Å²) in [4.78, 5) is 1.08. The topological polar surface area (TPSA) is 20.2 Å². The number of thiophene rings is 1. The summed E-state index contributed by atoms with van der Waals surface area (Å²) in [6.45, 7) is 3.89. The standard InChI is InChI=1S/C11H12OS/c1-7-9-5-3-4-6-10(9)13-11(7)8(2)12/h3-6,8,12H,1-2H3. The van der Waals surface area contributed by atoms with E-state index in [4.69, 9.17) is 0 Å². The normalized spacial score (nSPS) is 13.5. The van der Waals surface area contributed by atoms with Crippen LogP contribution in [0.4, 0.5) is 0 Å². The van der Waals surface area contributed by atoms with Crippen LogP contribution < -0.4 is 0 Å². The third kappa shape index (κ3) is 1.36. The van der Waals surface area contributed by atoms with Crippen molar-refractivity contribution in [3.8, 4) is 0 Å². The molecule has 0 aliphatic carbocycles. The molecule has 0 aliphatic rings. The molecular formula is C11H12OS. The lowest BCUT2D eigenvalue weighted by molar-refractivity contribution is 0.202. The fraction of sp³-hybridized carbons (Fsp3) is 0.273. The maximum Gasteiger partial charge on any atom is 0.0857 e. The SMILES string of the molecule is Cc1c(C(C)O)sc2ccccc12. The van der Waals surface area contributed by atoms with E-state index in [0.717, 1.165) is 4.88 Å². The smallest absolute Gasteiger partial charge is 0.0857 e. The van der Waals surface area contributed by atoms with Gasteiger partial charge in [0.2, 0.25) is 0 Å². The molecule has 1 unspecified atom stereocenters. The summed E-state index contributed by atoms with van der Waals surface area (Å²) < 4.78 is 1.26. The molecule has 1 aromatic heterocycles. The van der Waals surface area contributed by atoms with E-state index in [2.05, 4.69) is 19.1 Å². The summed E-state index contributed by atoms with van der Waals surface area (Å²) in [6, 6.07) is 8.27. The zero-order valence-electron chi connectivity index (χ0n) is 7.74. The van der Waals surface area contributed by atoms with Gasteiger partial charge in [0.1, 0.15) is 0 Å². The number of rotatable bonds is 1.